The molecule has 0 fully saturated rings. The molecule has 0 amide bonds. The average Bonchev–Trinajstić information content (AvgIpc) is 2.47. The predicted molar refractivity (Wildman–Crippen MR) is 83.0 cm³/mol. The molecule has 108 valence electrons. The molecule has 0 aliphatic carbocycles. The summed E-state index contributed by atoms with van der Waals surface area (Å²) in [4.78, 5) is 14.9. The molecule has 0 bridgehead atoms. The summed E-state index contributed by atoms with van der Waals surface area (Å²) >= 11 is 6.05. The maximum atomic E-state index is 10.6. The number of nitrogens with zero attached hydrogens (tertiary/aromatic N) is 1. The summed E-state index contributed by atoms with van der Waals surface area (Å²) in [5.41, 5.74) is 2.41. The highest BCUT2D eigenvalue weighted by Gasteiger charge is 2.03. The number of aryl methyl sites for hydroxylation is 1. The van der Waals surface area contributed by atoms with Crippen LogP contribution in [-0.2, 0) is 4.79 Å². The largest absolute Gasteiger partial charge is 0.481 e. The number of ether oxygens (including phenoxy) is 1. The van der Waals surface area contributed by atoms with Crippen molar-refractivity contribution in [1.29, 1.82) is 0 Å². The van der Waals surface area contributed by atoms with Crippen LogP contribution in [0.15, 0.2) is 47.5 Å². The number of aliphatic imine (C=N–C) groups is 1. The number of benzene rings is 2. The molecule has 0 radical (unpaired) electrons. The number of aliphatic carboxylic acids is 1. The second kappa shape index (κ2) is 6.90. The number of hydrogen-bond acceptors (Lipinski definition) is 3. The van der Waals surface area contributed by atoms with E-state index in [-0.39, 0.29) is 6.61 Å². The quantitative estimate of drug-likeness (QED) is 0.853. The Morgan fingerprint density at radius 3 is 2.81 bits per heavy atom. The molecule has 2 aromatic carbocycles. The van der Waals surface area contributed by atoms with E-state index in [0.717, 1.165) is 11.3 Å². The van der Waals surface area contributed by atoms with E-state index < -0.39 is 5.97 Å². The minimum absolute atomic E-state index is 0.388. The Kier molecular flexibility index (Phi) is 4.95. The Hall–Kier alpha value is -2.33. The smallest absolute Gasteiger partial charge is 0.341 e. The number of para-hydroxylation sites is 1. The fraction of sp³-hybridized carbons (Fsp3) is 0.125. The van der Waals surface area contributed by atoms with Gasteiger partial charge < -0.3 is 9.84 Å². The van der Waals surface area contributed by atoms with Gasteiger partial charge >= 0.3 is 5.97 Å². The van der Waals surface area contributed by atoms with Crippen molar-refractivity contribution >= 4 is 29.5 Å². The molecule has 1 N–H and O–H groups in total. The molecule has 2 aromatic rings. The number of hydrogen-bond donors (Lipinski definition) is 1. The van der Waals surface area contributed by atoms with E-state index in [2.05, 4.69) is 4.99 Å². The minimum Gasteiger partial charge on any atom is -0.481 e. The fourth-order valence-corrected chi connectivity index (χ4v) is 1.84. The van der Waals surface area contributed by atoms with Crippen LogP contribution in [0.3, 0.4) is 0 Å². The van der Waals surface area contributed by atoms with E-state index in [1.165, 1.54) is 0 Å². The Morgan fingerprint density at radius 2 is 2.10 bits per heavy atom. The van der Waals surface area contributed by atoms with Gasteiger partial charge in [-0.3, -0.25) is 4.99 Å². The van der Waals surface area contributed by atoms with Gasteiger partial charge in [-0.2, -0.15) is 0 Å². The molecule has 5 heteroatoms. The summed E-state index contributed by atoms with van der Waals surface area (Å²) in [6, 6.07) is 12.6. The van der Waals surface area contributed by atoms with Gasteiger partial charge in [0, 0.05) is 16.8 Å². The van der Waals surface area contributed by atoms with Crippen molar-refractivity contribution in [2.75, 3.05) is 6.61 Å². The highest BCUT2D eigenvalue weighted by Crippen LogP contribution is 2.23. The van der Waals surface area contributed by atoms with Crippen molar-refractivity contribution < 1.29 is 14.6 Å². The SMILES string of the molecule is Cc1ccc(N=Cc2ccccc2OCC(=O)O)cc1Cl. The summed E-state index contributed by atoms with van der Waals surface area (Å²) < 4.78 is 5.21. The molecule has 4 nitrogen and oxygen atoms in total. The van der Waals surface area contributed by atoms with Gasteiger partial charge in [-0.05, 0) is 36.8 Å². The van der Waals surface area contributed by atoms with Crippen molar-refractivity contribution in [2.24, 2.45) is 4.99 Å². The number of carbonyl (C=O) groups is 1. The predicted octanol–water partition coefficient (Wildman–Crippen LogP) is 3.86. The van der Waals surface area contributed by atoms with Gasteiger partial charge in [-0.1, -0.05) is 29.8 Å². The van der Waals surface area contributed by atoms with Gasteiger partial charge in [0.25, 0.3) is 0 Å². The normalized spacial score (nSPS) is 10.8. The maximum Gasteiger partial charge on any atom is 0.341 e. The second-order valence-corrected chi connectivity index (χ2v) is 4.82. The van der Waals surface area contributed by atoms with E-state index in [0.29, 0.717) is 16.3 Å². The lowest BCUT2D eigenvalue weighted by Gasteiger charge is -2.06. The number of rotatable bonds is 5. The summed E-state index contributed by atoms with van der Waals surface area (Å²) in [7, 11) is 0. The van der Waals surface area contributed by atoms with Gasteiger partial charge in [0.2, 0.25) is 0 Å². The fourth-order valence-electron chi connectivity index (χ4n) is 1.66. The standard InChI is InChI=1S/C16H14ClNO3/c1-11-6-7-13(8-14(11)17)18-9-12-4-2-3-5-15(12)21-10-16(19)20/h2-9H,10H2,1H3,(H,19,20). The zero-order valence-corrected chi connectivity index (χ0v) is 12.2. The Morgan fingerprint density at radius 1 is 1.33 bits per heavy atom. The average molecular weight is 304 g/mol. The minimum atomic E-state index is -1.02. The van der Waals surface area contributed by atoms with Crippen molar-refractivity contribution in [3.63, 3.8) is 0 Å². The van der Waals surface area contributed by atoms with Gasteiger partial charge in [-0.25, -0.2) is 4.79 Å². The molecule has 0 heterocycles. The van der Waals surface area contributed by atoms with Crippen LogP contribution in [0.5, 0.6) is 5.75 Å². The zero-order valence-electron chi connectivity index (χ0n) is 11.4. The summed E-state index contributed by atoms with van der Waals surface area (Å²) in [6.45, 7) is 1.53. The first-order chi connectivity index (χ1) is 10.1. The van der Waals surface area contributed by atoms with Gasteiger partial charge in [0.15, 0.2) is 6.61 Å². The lowest BCUT2D eigenvalue weighted by atomic mass is 10.2. The van der Waals surface area contributed by atoms with Crippen molar-refractivity contribution in [3.05, 3.63) is 58.6 Å². The third-order valence-electron chi connectivity index (χ3n) is 2.78. The molecule has 0 saturated carbocycles. The van der Waals surface area contributed by atoms with Crippen LogP contribution in [-0.4, -0.2) is 23.9 Å². The van der Waals surface area contributed by atoms with Crippen LogP contribution >= 0.6 is 11.6 Å². The van der Waals surface area contributed by atoms with Gasteiger partial charge in [-0.15, -0.1) is 0 Å². The van der Waals surface area contributed by atoms with Gasteiger partial charge in [0.1, 0.15) is 5.75 Å². The molecule has 0 atom stereocenters. The Bertz CT molecular complexity index is 683. The first-order valence-corrected chi connectivity index (χ1v) is 6.68. The van der Waals surface area contributed by atoms with Gasteiger partial charge in [0.05, 0.1) is 5.69 Å². The maximum absolute atomic E-state index is 10.6. The van der Waals surface area contributed by atoms with Crippen molar-refractivity contribution in [2.45, 2.75) is 6.92 Å². The molecule has 0 aliphatic heterocycles. The highest BCUT2D eigenvalue weighted by molar-refractivity contribution is 6.31. The molecule has 0 spiro atoms. The third-order valence-corrected chi connectivity index (χ3v) is 3.19. The third kappa shape index (κ3) is 4.33. The zero-order chi connectivity index (χ0) is 15.2. The number of carboxylic acid groups (broad SMARTS) is 1. The number of carboxylic acids is 1. The van der Waals surface area contributed by atoms with E-state index in [4.69, 9.17) is 21.4 Å². The monoisotopic (exact) mass is 303 g/mol. The van der Waals surface area contributed by atoms with E-state index in [1.54, 1.807) is 30.5 Å². The van der Waals surface area contributed by atoms with Crippen LogP contribution in [0.4, 0.5) is 5.69 Å². The molecule has 0 saturated heterocycles. The molecule has 0 aliphatic rings. The first kappa shape index (κ1) is 15.1. The van der Waals surface area contributed by atoms with Crippen molar-refractivity contribution in [3.8, 4) is 5.75 Å². The molecular formula is C16H14ClNO3. The van der Waals surface area contributed by atoms with E-state index >= 15 is 0 Å². The van der Waals surface area contributed by atoms with Crippen molar-refractivity contribution in [1.82, 2.24) is 0 Å². The summed E-state index contributed by atoms with van der Waals surface area (Å²) in [6.07, 6.45) is 1.62. The van der Waals surface area contributed by atoms with Crippen LogP contribution in [0.1, 0.15) is 11.1 Å². The van der Waals surface area contributed by atoms with E-state index in [9.17, 15) is 4.79 Å². The second-order valence-electron chi connectivity index (χ2n) is 4.41. The molecule has 2 rings (SSSR count). The topological polar surface area (TPSA) is 58.9 Å². The van der Waals surface area contributed by atoms with E-state index in [1.807, 2.05) is 25.1 Å². The van der Waals surface area contributed by atoms with Crippen LogP contribution < -0.4 is 4.74 Å². The summed E-state index contributed by atoms with van der Waals surface area (Å²) in [5.74, 6) is -0.547. The Labute approximate surface area is 127 Å². The van der Waals surface area contributed by atoms with Crippen LogP contribution in [0.2, 0.25) is 5.02 Å². The molecule has 0 aromatic heterocycles. The van der Waals surface area contributed by atoms with Crippen LogP contribution in [0, 0.1) is 6.92 Å². The van der Waals surface area contributed by atoms with Crippen LogP contribution in [0.25, 0.3) is 0 Å². The molecular weight excluding hydrogens is 290 g/mol. The number of halogens is 1. The molecule has 21 heavy (non-hydrogen) atoms. The lowest BCUT2D eigenvalue weighted by molar-refractivity contribution is -0.139. The molecule has 0 unspecified atom stereocenters. The lowest BCUT2D eigenvalue weighted by Crippen LogP contribution is -2.10. The highest BCUT2D eigenvalue weighted by atomic mass is 35.5. The Balaban J connectivity index is 2.20. The first-order valence-electron chi connectivity index (χ1n) is 6.30. The summed E-state index contributed by atoms with van der Waals surface area (Å²) in [5, 5.41) is 9.31.